The van der Waals surface area contributed by atoms with Crippen molar-refractivity contribution in [2.75, 3.05) is 26.8 Å². The minimum atomic E-state index is 0.264. The lowest BCUT2D eigenvalue weighted by atomic mass is 10.1. The van der Waals surface area contributed by atoms with E-state index in [0.29, 0.717) is 19.8 Å². The summed E-state index contributed by atoms with van der Waals surface area (Å²) in [5.74, 6) is 3.45. The van der Waals surface area contributed by atoms with Gasteiger partial charge in [-0.1, -0.05) is 17.7 Å². The first-order valence-corrected chi connectivity index (χ1v) is 9.83. The fourth-order valence-corrected chi connectivity index (χ4v) is 3.14. The van der Waals surface area contributed by atoms with Crippen LogP contribution in [-0.4, -0.2) is 53.6 Å². The van der Waals surface area contributed by atoms with Crippen molar-refractivity contribution < 1.29 is 9.47 Å². The molecule has 28 heavy (non-hydrogen) atoms. The molecule has 1 unspecified atom stereocenters. The van der Waals surface area contributed by atoms with Crippen LogP contribution in [-0.2, 0) is 24.3 Å². The summed E-state index contributed by atoms with van der Waals surface area (Å²) in [5, 5.41) is 11.3. The standard InChI is InChI=1S/C20H30N6O2/c1-4-21-20(22-11-12-28-17-8-5-15(2)6-9-17)23-16-7-10-19-24-18(14-27-3)25-26(19)13-16/h5-6,8-9,16H,4,7,10-14H2,1-3H3,(H2,21,22,23). The molecule has 2 N–H and O–H groups in total. The summed E-state index contributed by atoms with van der Waals surface area (Å²) in [6.07, 6.45) is 1.89. The number of nitrogens with one attached hydrogen (secondary N) is 2. The molecule has 152 valence electrons. The van der Waals surface area contributed by atoms with E-state index in [1.165, 1.54) is 5.56 Å². The molecule has 2 aromatic rings. The molecular weight excluding hydrogens is 356 g/mol. The first-order valence-electron chi connectivity index (χ1n) is 9.83. The van der Waals surface area contributed by atoms with Crippen molar-refractivity contribution in [3.8, 4) is 5.75 Å². The number of aromatic nitrogens is 3. The predicted molar refractivity (Wildman–Crippen MR) is 109 cm³/mol. The first kappa shape index (κ1) is 20.1. The molecule has 1 aliphatic rings. The second kappa shape index (κ2) is 10.1. The number of hydrogen-bond acceptors (Lipinski definition) is 5. The quantitative estimate of drug-likeness (QED) is 0.408. The fourth-order valence-electron chi connectivity index (χ4n) is 3.14. The number of hydrogen-bond donors (Lipinski definition) is 2. The third kappa shape index (κ3) is 5.69. The molecule has 1 aromatic carbocycles. The smallest absolute Gasteiger partial charge is 0.191 e. The van der Waals surface area contributed by atoms with Crippen LogP contribution in [0.1, 0.15) is 30.6 Å². The van der Waals surface area contributed by atoms with Crippen molar-refractivity contribution in [1.82, 2.24) is 25.4 Å². The summed E-state index contributed by atoms with van der Waals surface area (Å²) in [6, 6.07) is 8.32. The number of benzene rings is 1. The summed E-state index contributed by atoms with van der Waals surface area (Å²) < 4.78 is 12.9. The molecule has 0 bridgehead atoms. The Hall–Kier alpha value is -2.61. The van der Waals surface area contributed by atoms with E-state index < -0.39 is 0 Å². The Morgan fingerprint density at radius 1 is 1.32 bits per heavy atom. The third-order valence-electron chi connectivity index (χ3n) is 4.51. The number of fused-ring (bicyclic) bond motifs is 1. The number of guanidine groups is 1. The molecule has 0 aliphatic carbocycles. The zero-order valence-electron chi connectivity index (χ0n) is 16.9. The van der Waals surface area contributed by atoms with E-state index in [0.717, 1.165) is 49.3 Å². The van der Waals surface area contributed by atoms with Crippen LogP contribution in [0.3, 0.4) is 0 Å². The van der Waals surface area contributed by atoms with Crippen LogP contribution in [0.15, 0.2) is 29.3 Å². The average Bonchev–Trinajstić information content (AvgIpc) is 3.08. The number of aryl methyl sites for hydroxylation is 2. The van der Waals surface area contributed by atoms with Gasteiger partial charge < -0.3 is 20.1 Å². The lowest BCUT2D eigenvalue weighted by Crippen LogP contribution is -2.47. The van der Waals surface area contributed by atoms with Crippen molar-refractivity contribution >= 4 is 5.96 Å². The highest BCUT2D eigenvalue weighted by molar-refractivity contribution is 5.80. The lowest BCUT2D eigenvalue weighted by Gasteiger charge is -2.25. The van der Waals surface area contributed by atoms with Gasteiger partial charge in [0.05, 0.1) is 13.1 Å². The minimum absolute atomic E-state index is 0.264. The molecule has 8 heteroatoms. The SMILES string of the molecule is CCNC(=NCCOc1ccc(C)cc1)NC1CCc2nc(COC)nn2C1. The molecule has 1 aliphatic heterocycles. The second-order valence-electron chi connectivity index (χ2n) is 6.86. The van der Waals surface area contributed by atoms with E-state index in [1.807, 2.05) is 28.9 Å². The van der Waals surface area contributed by atoms with Gasteiger partial charge in [0, 0.05) is 26.1 Å². The lowest BCUT2D eigenvalue weighted by molar-refractivity contribution is 0.177. The maximum Gasteiger partial charge on any atom is 0.191 e. The van der Waals surface area contributed by atoms with Crippen molar-refractivity contribution in [3.05, 3.63) is 41.5 Å². The van der Waals surface area contributed by atoms with E-state index in [2.05, 4.69) is 39.6 Å². The average molecular weight is 387 g/mol. The molecule has 0 spiro atoms. The Bertz CT molecular complexity index is 772. The van der Waals surface area contributed by atoms with Crippen LogP contribution >= 0.6 is 0 Å². The Morgan fingerprint density at radius 3 is 2.89 bits per heavy atom. The summed E-state index contributed by atoms with van der Waals surface area (Å²) in [6.45, 7) is 7.28. The van der Waals surface area contributed by atoms with Gasteiger partial charge in [-0.15, -0.1) is 0 Å². The number of ether oxygens (including phenoxy) is 2. The number of aliphatic imine (C=N–C) groups is 1. The summed E-state index contributed by atoms with van der Waals surface area (Å²) in [7, 11) is 1.66. The minimum Gasteiger partial charge on any atom is -0.492 e. The van der Waals surface area contributed by atoms with Crippen LogP contribution < -0.4 is 15.4 Å². The predicted octanol–water partition coefficient (Wildman–Crippen LogP) is 1.68. The Labute approximate surface area is 166 Å². The Balaban J connectivity index is 1.50. The second-order valence-corrected chi connectivity index (χ2v) is 6.86. The van der Waals surface area contributed by atoms with Gasteiger partial charge in [-0.2, -0.15) is 5.10 Å². The van der Waals surface area contributed by atoms with Gasteiger partial charge in [-0.3, -0.25) is 0 Å². The van der Waals surface area contributed by atoms with Crippen LogP contribution in [0.2, 0.25) is 0 Å². The van der Waals surface area contributed by atoms with E-state index in [4.69, 9.17) is 9.47 Å². The fraction of sp³-hybridized carbons (Fsp3) is 0.550. The zero-order chi connectivity index (χ0) is 19.8. The van der Waals surface area contributed by atoms with Gasteiger partial charge in [0.15, 0.2) is 11.8 Å². The number of nitrogens with zero attached hydrogens (tertiary/aromatic N) is 4. The molecule has 0 saturated heterocycles. The molecule has 0 amide bonds. The van der Waals surface area contributed by atoms with Crippen LogP contribution in [0.4, 0.5) is 0 Å². The van der Waals surface area contributed by atoms with Crippen molar-refractivity contribution in [2.24, 2.45) is 4.99 Å². The van der Waals surface area contributed by atoms with E-state index >= 15 is 0 Å². The zero-order valence-corrected chi connectivity index (χ0v) is 16.9. The molecule has 0 saturated carbocycles. The number of rotatable bonds is 8. The van der Waals surface area contributed by atoms with Gasteiger partial charge in [0.1, 0.15) is 24.8 Å². The number of methoxy groups -OCH3 is 1. The van der Waals surface area contributed by atoms with Gasteiger partial charge in [0.2, 0.25) is 0 Å². The van der Waals surface area contributed by atoms with Crippen molar-refractivity contribution in [3.63, 3.8) is 0 Å². The summed E-state index contributed by atoms with van der Waals surface area (Å²) in [4.78, 5) is 9.16. The topological polar surface area (TPSA) is 85.6 Å². The van der Waals surface area contributed by atoms with Crippen LogP contribution in [0.25, 0.3) is 0 Å². The Morgan fingerprint density at radius 2 is 2.14 bits per heavy atom. The molecule has 3 rings (SSSR count). The van der Waals surface area contributed by atoms with Gasteiger partial charge >= 0.3 is 0 Å². The van der Waals surface area contributed by atoms with E-state index in [9.17, 15) is 0 Å². The molecule has 8 nitrogen and oxygen atoms in total. The highest BCUT2D eigenvalue weighted by atomic mass is 16.5. The molecule has 2 heterocycles. The molecule has 0 radical (unpaired) electrons. The van der Waals surface area contributed by atoms with Gasteiger partial charge in [0.25, 0.3) is 0 Å². The largest absolute Gasteiger partial charge is 0.492 e. The van der Waals surface area contributed by atoms with Gasteiger partial charge in [-0.25, -0.2) is 14.7 Å². The van der Waals surface area contributed by atoms with E-state index in [-0.39, 0.29) is 6.04 Å². The maximum absolute atomic E-state index is 5.75. The first-order chi connectivity index (χ1) is 13.7. The Kier molecular flexibility index (Phi) is 7.25. The highest BCUT2D eigenvalue weighted by Gasteiger charge is 2.22. The van der Waals surface area contributed by atoms with Crippen molar-refractivity contribution in [1.29, 1.82) is 0 Å². The summed E-state index contributed by atoms with van der Waals surface area (Å²) in [5.41, 5.74) is 1.22. The molecule has 1 aromatic heterocycles. The van der Waals surface area contributed by atoms with Gasteiger partial charge in [-0.05, 0) is 32.4 Å². The molecule has 0 fully saturated rings. The van der Waals surface area contributed by atoms with Crippen LogP contribution in [0.5, 0.6) is 5.75 Å². The molecule has 1 atom stereocenters. The summed E-state index contributed by atoms with van der Waals surface area (Å²) >= 11 is 0. The van der Waals surface area contributed by atoms with Crippen molar-refractivity contribution in [2.45, 2.75) is 45.9 Å². The monoisotopic (exact) mass is 386 g/mol. The third-order valence-corrected chi connectivity index (χ3v) is 4.51. The van der Waals surface area contributed by atoms with Crippen LogP contribution in [0, 0.1) is 6.92 Å². The maximum atomic E-state index is 5.75. The molecular formula is C20H30N6O2. The normalized spacial score (nSPS) is 16.5. The highest BCUT2D eigenvalue weighted by Crippen LogP contribution is 2.14. The van der Waals surface area contributed by atoms with E-state index in [1.54, 1.807) is 7.11 Å².